The predicted molar refractivity (Wildman–Crippen MR) is 86.3 cm³/mol. The van der Waals surface area contributed by atoms with E-state index < -0.39 is 17.5 Å². The van der Waals surface area contributed by atoms with E-state index >= 15 is 0 Å². The highest BCUT2D eigenvalue weighted by molar-refractivity contribution is 5.76. The first kappa shape index (κ1) is 17.2. The second-order valence-electron chi connectivity index (χ2n) is 7.08. The number of aliphatic hydroxyl groups is 1. The van der Waals surface area contributed by atoms with Crippen molar-refractivity contribution in [1.29, 1.82) is 0 Å². The molecule has 0 radical (unpaired) electrons. The standard InChI is InChI=1S/C18H24FNO4/c1-24-14-5-4-13(15(19)8-14)10-20-7-6-16(21)18(11-20,17(22)23)9-12-2-3-12/h4-5,8,12,16,21H,2-3,6-7,9-11H2,1H3,(H,22,23)/t16-,18-/m1/s1. The first-order valence-corrected chi connectivity index (χ1v) is 8.41. The van der Waals surface area contributed by atoms with Gasteiger partial charge in [-0.1, -0.05) is 18.9 Å². The maximum absolute atomic E-state index is 14.2. The number of benzene rings is 1. The SMILES string of the molecule is COc1ccc(CN2CC[C@@H](O)[C@](CC3CC3)(C(=O)O)C2)c(F)c1. The lowest BCUT2D eigenvalue weighted by molar-refractivity contribution is -0.165. The minimum Gasteiger partial charge on any atom is -0.497 e. The number of likely N-dealkylation sites (tertiary alicyclic amines) is 1. The van der Waals surface area contributed by atoms with Gasteiger partial charge in [-0.15, -0.1) is 0 Å². The van der Waals surface area contributed by atoms with Crippen molar-refractivity contribution in [2.24, 2.45) is 11.3 Å². The molecular formula is C18H24FNO4. The van der Waals surface area contributed by atoms with E-state index in [-0.39, 0.29) is 12.4 Å². The van der Waals surface area contributed by atoms with E-state index in [1.165, 1.54) is 13.2 Å². The Balaban J connectivity index is 1.75. The molecule has 0 unspecified atom stereocenters. The quantitative estimate of drug-likeness (QED) is 0.833. The van der Waals surface area contributed by atoms with E-state index in [9.17, 15) is 19.4 Å². The molecule has 1 saturated carbocycles. The largest absolute Gasteiger partial charge is 0.497 e. The summed E-state index contributed by atoms with van der Waals surface area (Å²) >= 11 is 0. The number of ether oxygens (including phenoxy) is 1. The fourth-order valence-corrected chi connectivity index (χ4v) is 3.66. The lowest BCUT2D eigenvalue weighted by Crippen LogP contribution is -2.56. The van der Waals surface area contributed by atoms with Crippen LogP contribution in [0, 0.1) is 17.2 Å². The lowest BCUT2D eigenvalue weighted by atomic mass is 9.73. The molecule has 1 aliphatic carbocycles. The fraction of sp³-hybridized carbons (Fsp3) is 0.611. The Hall–Kier alpha value is -1.66. The Bertz CT molecular complexity index is 619. The number of carboxylic acids is 1. The van der Waals surface area contributed by atoms with Crippen LogP contribution in [0.15, 0.2) is 18.2 Å². The van der Waals surface area contributed by atoms with Crippen LogP contribution in [0.25, 0.3) is 0 Å². The zero-order valence-corrected chi connectivity index (χ0v) is 13.9. The van der Waals surface area contributed by atoms with Gasteiger partial charge in [0, 0.05) is 31.3 Å². The summed E-state index contributed by atoms with van der Waals surface area (Å²) in [5, 5.41) is 20.1. The number of nitrogens with zero attached hydrogens (tertiary/aromatic N) is 1. The molecule has 0 aromatic heterocycles. The smallest absolute Gasteiger partial charge is 0.313 e. The van der Waals surface area contributed by atoms with Gasteiger partial charge in [-0.05, 0) is 24.8 Å². The van der Waals surface area contributed by atoms with Gasteiger partial charge < -0.3 is 14.9 Å². The molecule has 1 saturated heterocycles. The van der Waals surface area contributed by atoms with Crippen molar-refractivity contribution in [2.45, 2.75) is 38.3 Å². The maximum atomic E-state index is 14.2. The Morgan fingerprint density at radius 3 is 2.75 bits per heavy atom. The van der Waals surface area contributed by atoms with Gasteiger partial charge in [0.15, 0.2) is 0 Å². The number of hydrogen-bond acceptors (Lipinski definition) is 4. The number of aliphatic hydroxyl groups excluding tert-OH is 1. The summed E-state index contributed by atoms with van der Waals surface area (Å²) in [7, 11) is 1.49. The van der Waals surface area contributed by atoms with Gasteiger partial charge in [-0.2, -0.15) is 0 Å². The van der Waals surface area contributed by atoms with E-state index in [1.807, 2.05) is 4.90 Å². The highest BCUT2D eigenvalue weighted by Crippen LogP contribution is 2.45. The third-order valence-corrected chi connectivity index (χ3v) is 5.29. The number of carboxylic acid groups (broad SMARTS) is 1. The van der Waals surface area contributed by atoms with Gasteiger partial charge in [0.1, 0.15) is 17.0 Å². The van der Waals surface area contributed by atoms with Crippen LogP contribution in [0.5, 0.6) is 5.75 Å². The van der Waals surface area contributed by atoms with Crippen LogP contribution < -0.4 is 4.74 Å². The average molecular weight is 337 g/mol. The summed E-state index contributed by atoms with van der Waals surface area (Å²) in [5.74, 6) is -0.447. The van der Waals surface area contributed by atoms with Crippen LogP contribution in [0.4, 0.5) is 4.39 Å². The molecule has 1 aromatic rings. The van der Waals surface area contributed by atoms with Crippen LogP contribution in [0.1, 0.15) is 31.2 Å². The molecule has 24 heavy (non-hydrogen) atoms. The van der Waals surface area contributed by atoms with Gasteiger partial charge in [0.05, 0.1) is 13.2 Å². The maximum Gasteiger partial charge on any atom is 0.313 e. The van der Waals surface area contributed by atoms with E-state index in [2.05, 4.69) is 0 Å². The highest BCUT2D eigenvalue weighted by atomic mass is 19.1. The monoisotopic (exact) mass is 337 g/mol. The Morgan fingerprint density at radius 1 is 1.42 bits per heavy atom. The minimum absolute atomic E-state index is 0.255. The van der Waals surface area contributed by atoms with Crippen molar-refractivity contribution in [3.05, 3.63) is 29.6 Å². The van der Waals surface area contributed by atoms with Crippen LogP contribution in [0.3, 0.4) is 0 Å². The molecule has 2 atom stereocenters. The molecule has 0 amide bonds. The van der Waals surface area contributed by atoms with Crippen molar-refractivity contribution < 1.29 is 24.1 Å². The van der Waals surface area contributed by atoms with Crippen molar-refractivity contribution in [1.82, 2.24) is 4.90 Å². The molecule has 6 heteroatoms. The molecular weight excluding hydrogens is 313 g/mol. The molecule has 2 fully saturated rings. The minimum atomic E-state index is -1.14. The van der Waals surface area contributed by atoms with Crippen molar-refractivity contribution in [3.8, 4) is 5.75 Å². The van der Waals surface area contributed by atoms with E-state index in [4.69, 9.17) is 4.74 Å². The summed E-state index contributed by atoms with van der Waals surface area (Å²) in [6.45, 7) is 1.15. The van der Waals surface area contributed by atoms with Gasteiger partial charge >= 0.3 is 5.97 Å². The highest BCUT2D eigenvalue weighted by Gasteiger charge is 2.51. The van der Waals surface area contributed by atoms with E-state index in [0.717, 1.165) is 12.8 Å². The fourth-order valence-electron chi connectivity index (χ4n) is 3.66. The molecule has 3 rings (SSSR count). The van der Waals surface area contributed by atoms with Crippen molar-refractivity contribution in [2.75, 3.05) is 20.2 Å². The number of hydrogen-bond donors (Lipinski definition) is 2. The van der Waals surface area contributed by atoms with Gasteiger partial charge in [0.25, 0.3) is 0 Å². The summed E-state index contributed by atoms with van der Waals surface area (Å²) < 4.78 is 19.2. The van der Waals surface area contributed by atoms with Crippen LogP contribution in [-0.2, 0) is 11.3 Å². The van der Waals surface area contributed by atoms with Gasteiger partial charge in [-0.25, -0.2) is 4.39 Å². The number of aliphatic carboxylic acids is 1. The molecule has 0 bridgehead atoms. The number of halogens is 1. The lowest BCUT2D eigenvalue weighted by Gasteiger charge is -2.43. The molecule has 132 valence electrons. The molecule has 2 aliphatic rings. The normalized spacial score (nSPS) is 27.9. The summed E-state index contributed by atoms with van der Waals surface area (Å²) in [5.41, 5.74) is -0.625. The van der Waals surface area contributed by atoms with Crippen LogP contribution >= 0.6 is 0 Å². The molecule has 0 spiro atoms. The Morgan fingerprint density at radius 2 is 2.17 bits per heavy atom. The first-order chi connectivity index (χ1) is 11.4. The van der Waals surface area contributed by atoms with Crippen LogP contribution in [0.2, 0.25) is 0 Å². The Kier molecular flexibility index (Phi) is 4.78. The van der Waals surface area contributed by atoms with Crippen LogP contribution in [-0.4, -0.2) is 47.4 Å². The number of piperidine rings is 1. The second kappa shape index (κ2) is 6.69. The number of rotatable bonds is 6. The van der Waals surface area contributed by atoms with Gasteiger partial charge in [0.2, 0.25) is 0 Å². The molecule has 5 nitrogen and oxygen atoms in total. The van der Waals surface area contributed by atoms with Gasteiger partial charge in [-0.3, -0.25) is 9.69 Å². The predicted octanol–water partition coefficient (Wildman–Crippen LogP) is 2.27. The molecule has 2 N–H and O–H groups in total. The zero-order valence-electron chi connectivity index (χ0n) is 13.9. The zero-order chi connectivity index (χ0) is 17.3. The van der Waals surface area contributed by atoms with E-state index in [0.29, 0.717) is 43.2 Å². The summed E-state index contributed by atoms with van der Waals surface area (Å²) in [6.07, 6.45) is 2.14. The number of carbonyl (C=O) groups is 1. The van der Waals surface area contributed by atoms with Crippen molar-refractivity contribution in [3.63, 3.8) is 0 Å². The van der Waals surface area contributed by atoms with E-state index in [1.54, 1.807) is 12.1 Å². The second-order valence-corrected chi connectivity index (χ2v) is 7.08. The number of methoxy groups -OCH3 is 1. The third kappa shape index (κ3) is 3.39. The topological polar surface area (TPSA) is 70.0 Å². The molecule has 1 aliphatic heterocycles. The average Bonchev–Trinajstić information content (AvgIpc) is 3.36. The Labute approximate surface area is 141 Å². The molecule has 1 heterocycles. The molecule has 1 aromatic carbocycles. The summed E-state index contributed by atoms with van der Waals surface area (Å²) in [6, 6.07) is 4.71. The summed E-state index contributed by atoms with van der Waals surface area (Å²) in [4.78, 5) is 13.9. The third-order valence-electron chi connectivity index (χ3n) is 5.29. The first-order valence-electron chi connectivity index (χ1n) is 8.41. The van der Waals surface area contributed by atoms with Crippen molar-refractivity contribution >= 4 is 5.97 Å².